The molecule has 0 aliphatic rings. The van der Waals surface area contributed by atoms with Crippen LogP contribution in [0.1, 0.15) is 16.2 Å². The van der Waals surface area contributed by atoms with Crippen LogP contribution in [0.5, 0.6) is 0 Å². The van der Waals surface area contributed by atoms with Gasteiger partial charge in [0.1, 0.15) is 0 Å². The zero-order valence-corrected chi connectivity index (χ0v) is 18.8. The van der Waals surface area contributed by atoms with E-state index in [1.165, 1.54) is 0 Å². The van der Waals surface area contributed by atoms with E-state index in [9.17, 15) is 4.79 Å². The van der Waals surface area contributed by atoms with Gasteiger partial charge >= 0.3 is 0 Å². The molecule has 4 rings (SSSR count). The number of nitrogens with zero attached hydrogens (tertiary/aromatic N) is 3. The largest absolute Gasteiger partial charge is 0.319 e. The molecule has 0 unspecified atom stereocenters. The fourth-order valence-corrected chi connectivity index (χ4v) is 3.38. The highest BCUT2D eigenvalue weighted by Crippen LogP contribution is 2.25. The molecule has 0 fully saturated rings. The van der Waals surface area contributed by atoms with Crippen molar-refractivity contribution in [2.45, 2.75) is 6.92 Å². The molecule has 1 amide bonds. The van der Waals surface area contributed by atoms with Crippen LogP contribution < -0.4 is 5.32 Å². The van der Waals surface area contributed by atoms with Gasteiger partial charge < -0.3 is 5.32 Å². The highest BCUT2D eigenvalue weighted by Gasteiger charge is 2.19. The Morgan fingerprint density at radius 3 is 2.37 bits per heavy atom. The monoisotopic (exact) mass is 500 g/mol. The molecule has 0 spiro atoms. The molecular formula is C22H15BrCl2N4O. The highest BCUT2D eigenvalue weighted by atomic mass is 79.9. The van der Waals surface area contributed by atoms with Crippen LogP contribution in [0.4, 0.5) is 5.69 Å². The molecule has 0 bridgehead atoms. The van der Waals surface area contributed by atoms with E-state index in [1.54, 1.807) is 28.9 Å². The number of nitrogens with one attached hydrogen (secondary N) is 1. The van der Waals surface area contributed by atoms with E-state index < -0.39 is 5.91 Å². The van der Waals surface area contributed by atoms with Gasteiger partial charge in [0.15, 0.2) is 5.82 Å². The first kappa shape index (κ1) is 20.6. The molecule has 150 valence electrons. The highest BCUT2D eigenvalue weighted by molar-refractivity contribution is 9.10. The van der Waals surface area contributed by atoms with Crippen molar-refractivity contribution in [3.05, 3.63) is 92.6 Å². The van der Waals surface area contributed by atoms with Crippen molar-refractivity contribution in [1.29, 1.82) is 0 Å². The van der Waals surface area contributed by atoms with E-state index in [1.807, 2.05) is 49.4 Å². The molecule has 3 aromatic carbocycles. The number of carbonyl (C=O) groups excluding carboxylic acids is 1. The van der Waals surface area contributed by atoms with Gasteiger partial charge in [-0.05, 0) is 61.0 Å². The standard InChI is InChI=1S/C22H15BrCl2N4O/c1-13-2-9-17(12-19(13)25)26-22(30)20-27-21(14-3-5-15(23)6-4-14)29(28-20)18-10-7-16(24)8-11-18/h2-12H,1H3,(H,26,30). The first-order valence-corrected chi connectivity index (χ1v) is 10.5. The Morgan fingerprint density at radius 1 is 1.00 bits per heavy atom. The lowest BCUT2D eigenvalue weighted by atomic mass is 10.2. The van der Waals surface area contributed by atoms with Crippen molar-refractivity contribution in [1.82, 2.24) is 14.8 Å². The van der Waals surface area contributed by atoms with Crippen molar-refractivity contribution < 1.29 is 4.79 Å². The molecule has 0 atom stereocenters. The number of aromatic nitrogens is 3. The van der Waals surface area contributed by atoms with Crippen LogP contribution in [0.2, 0.25) is 10.0 Å². The van der Waals surface area contributed by atoms with Crippen LogP contribution in [0.3, 0.4) is 0 Å². The third-order valence-corrected chi connectivity index (χ3v) is 5.60. The minimum absolute atomic E-state index is 0.0413. The van der Waals surface area contributed by atoms with E-state index >= 15 is 0 Å². The lowest BCUT2D eigenvalue weighted by Crippen LogP contribution is -2.14. The molecule has 1 N–H and O–H groups in total. The number of aryl methyl sites for hydroxylation is 1. The normalized spacial score (nSPS) is 10.8. The van der Waals surface area contributed by atoms with Crippen molar-refractivity contribution in [2.24, 2.45) is 0 Å². The molecular weight excluding hydrogens is 487 g/mol. The third kappa shape index (κ3) is 4.41. The first-order chi connectivity index (χ1) is 14.4. The zero-order chi connectivity index (χ0) is 21.3. The average molecular weight is 502 g/mol. The Balaban J connectivity index is 1.74. The van der Waals surface area contributed by atoms with E-state index in [0.29, 0.717) is 21.6 Å². The number of rotatable bonds is 4. The number of carbonyl (C=O) groups is 1. The summed E-state index contributed by atoms with van der Waals surface area (Å²) in [6.07, 6.45) is 0. The Bertz CT molecular complexity index is 1160. The Labute approximate surface area is 191 Å². The molecule has 4 aromatic rings. The Morgan fingerprint density at radius 2 is 1.70 bits per heavy atom. The van der Waals surface area contributed by atoms with Crippen LogP contribution in [0, 0.1) is 6.92 Å². The maximum Gasteiger partial charge on any atom is 0.295 e. The predicted molar refractivity (Wildman–Crippen MR) is 124 cm³/mol. The van der Waals surface area contributed by atoms with Crippen LogP contribution in [-0.4, -0.2) is 20.7 Å². The summed E-state index contributed by atoms with van der Waals surface area (Å²) in [7, 11) is 0. The summed E-state index contributed by atoms with van der Waals surface area (Å²) in [6, 6.07) is 20.1. The summed E-state index contributed by atoms with van der Waals surface area (Å²) in [6.45, 7) is 1.90. The molecule has 0 saturated carbocycles. The van der Waals surface area contributed by atoms with Crippen molar-refractivity contribution in [3.63, 3.8) is 0 Å². The van der Waals surface area contributed by atoms with Gasteiger partial charge in [-0.1, -0.05) is 57.3 Å². The molecule has 0 radical (unpaired) electrons. The first-order valence-electron chi connectivity index (χ1n) is 8.97. The third-order valence-electron chi connectivity index (χ3n) is 4.41. The van der Waals surface area contributed by atoms with Gasteiger partial charge in [0.2, 0.25) is 5.82 Å². The van der Waals surface area contributed by atoms with Gasteiger partial charge in [-0.25, -0.2) is 9.67 Å². The van der Waals surface area contributed by atoms with Gasteiger partial charge in [0.05, 0.1) is 5.69 Å². The van der Waals surface area contributed by atoms with E-state index in [-0.39, 0.29) is 5.82 Å². The van der Waals surface area contributed by atoms with Gasteiger partial charge in [-0.3, -0.25) is 4.79 Å². The fourth-order valence-electron chi connectivity index (χ4n) is 2.81. The van der Waals surface area contributed by atoms with Gasteiger partial charge in [0.25, 0.3) is 5.91 Å². The Kier molecular flexibility index (Phi) is 5.90. The van der Waals surface area contributed by atoms with Gasteiger partial charge in [-0.15, -0.1) is 5.10 Å². The van der Waals surface area contributed by atoms with Crippen LogP contribution in [0.15, 0.2) is 71.2 Å². The SMILES string of the molecule is Cc1ccc(NC(=O)c2nc(-c3ccc(Br)cc3)n(-c3ccc(Cl)cc3)n2)cc1Cl. The van der Waals surface area contributed by atoms with Crippen molar-refractivity contribution in [3.8, 4) is 17.1 Å². The maximum atomic E-state index is 12.8. The molecule has 30 heavy (non-hydrogen) atoms. The van der Waals surface area contributed by atoms with E-state index in [2.05, 4.69) is 31.3 Å². The summed E-state index contributed by atoms with van der Waals surface area (Å²) in [5.74, 6) is 0.150. The molecule has 0 aliphatic heterocycles. The van der Waals surface area contributed by atoms with Crippen molar-refractivity contribution >= 4 is 50.7 Å². The minimum Gasteiger partial charge on any atom is -0.319 e. The zero-order valence-electron chi connectivity index (χ0n) is 15.7. The van der Waals surface area contributed by atoms with Gasteiger partial charge in [0, 0.05) is 25.8 Å². The maximum absolute atomic E-state index is 12.8. The summed E-state index contributed by atoms with van der Waals surface area (Å²) in [4.78, 5) is 17.3. The minimum atomic E-state index is -0.430. The fraction of sp³-hybridized carbons (Fsp3) is 0.0455. The second-order valence-electron chi connectivity index (χ2n) is 6.57. The smallest absolute Gasteiger partial charge is 0.295 e. The number of halogens is 3. The quantitative estimate of drug-likeness (QED) is 0.344. The number of amides is 1. The molecule has 5 nitrogen and oxygen atoms in total. The van der Waals surface area contributed by atoms with Crippen LogP contribution >= 0.6 is 39.1 Å². The van der Waals surface area contributed by atoms with Gasteiger partial charge in [-0.2, -0.15) is 0 Å². The number of hydrogen-bond acceptors (Lipinski definition) is 3. The van der Waals surface area contributed by atoms with Crippen LogP contribution in [-0.2, 0) is 0 Å². The summed E-state index contributed by atoms with van der Waals surface area (Å²) in [5.41, 5.74) is 3.06. The average Bonchev–Trinajstić information content (AvgIpc) is 3.17. The number of anilines is 1. The molecule has 0 saturated heterocycles. The predicted octanol–water partition coefficient (Wildman–Crippen LogP) is 6.56. The summed E-state index contributed by atoms with van der Waals surface area (Å²) >= 11 is 15.6. The second kappa shape index (κ2) is 8.60. The van der Waals surface area contributed by atoms with E-state index in [0.717, 1.165) is 21.3 Å². The topological polar surface area (TPSA) is 59.8 Å². The second-order valence-corrected chi connectivity index (χ2v) is 8.33. The molecule has 1 aromatic heterocycles. The van der Waals surface area contributed by atoms with E-state index in [4.69, 9.17) is 23.2 Å². The summed E-state index contributed by atoms with van der Waals surface area (Å²) < 4.78 is 2.56. The molecule has 8 heteroatoms. The molecule has 1 heterocycles. The molecule has 0 aliphatic carbocycles. The summed E-state index contributed by atoms with van der Waals surface area (Å²) in [5, 5.41) is 8.43. The lowest BCUT2D eigenvalue weighted by molar-refractivity contribution is 0.101. The number of benzene rings is 3. The van der Waals surface area contributed by atoms with Crippen molar-refractivity contribution in [2.75, 3.05) is 5.32 Å². The van der Waals surface area contributed by atoms with Crippen LogP contribution in [0.25, 0.3) is 17.1 Å². The Hall–Kier alpha value is -2.67. The lowest BCUT2D eigenvalue weighted by Gasteiger charge is -2.06. The number of hydrogen-bond donors (Lipinski definition) is 1.